The molecule has 0 saturated carbocycles. The van der Waals surface area contributed by atoms with Crippen LogP contribution in [0.3, 0.4) is 0 Å². The Balaban J connectivity index is 0.000000377. The van der Waals surface area contributed by atoms with Gasteiger partial charge in [0.15, 0.2) is 0 Å². The summed E-state index contributed by atoms with van der Waals surface area (Å²) in [6, 6.07) is 14.8. The third kappa shape index (κ3) is 4.91. The van der Waals surface area contributed by atoms with E-state index < -0.39 is 5.97 Å². The second kappa shape index (κ2) is 9.08. The molecule has 3 rings (SSSR count). The summed E-state index contributed by atoms with van der Waals surface area (Å²) in [7, 11) is 0. The van der Waals surface area contributed by atoms with E-state index in [2.05, 4.69) is 0 Å². The van der Waals surface area contributed by atoms with Crippen LogP contribution < -0.4 is 9.64 Å². The van der Waals surface area contributed by atoms with Crippen LogP contribution in [0.25, 0.3) is 0 Å². The normalized spacial score (nSPS) is 13.2. The fourth-order valence-corrected chi connectivity index (χ4v) is 2.03. The first kappa shape index (κ1) is 18.9. The Hall–Kier alpha value is -2.17. The summed E-state index contributed by atoms with van der Waals surface area (Å²) < 4.78 is 5.06. The smallest absolute Gasteiger partial charge is 0.516 e. The van der Waals surface area contributed by atoms with Crippen molar-refractivity contribution in [3.8, 4) is 5.75 Å². The average molecular weight is 355 g/mol. The predicted molar refractivity (Wildman–Crippen MR) is 81.7 cm³/mol. The monoisotopic (exact) mass is 355 g/mol. The van der Waals surface area contributed by atoms with Gasteiger partial charge in [0.1, 0.15) is 0 Å². The number of hydrogen-bond donors (Lipinski definition) is 0. The molecule has 1 saturated heterocycles. The van der Waals surface area contributed by atoms with Gasteiger partial charge < -0.3 is 9.53 Å². The summed E-state index contributed by atoms with van der Waals surface area (Å²) >= 11 is 0. The maximum Gasteiger partial charge on any atom is 2.00 e. The van der Waals surface area contributed by atoms with Gasteiger partial charge in [0, 0.05) is 24.9 Å². The molecule has 1 fully saturated rings. The van der Waals surface area contributed by atoms with E-state index in [9.17, 15) is 14.4 Å². The summed E-state index contributed by atoms with van der Waals surface area (Å²) in [6.07, 6.45) is 0.670. The molecule has 0 N–H and O–H groups in total. The summed E-state index contributed by atoms with van der Waals surface area (Å²) in [4.78, 5) is 35.4. The van der Waals surface area contributed by atoms with Gasteiger partial charge in [-0.15, -0.1) is 12.1 Å². The molecule has 0 spiro atoms. The molecular formula is C17H17FeNO4. The van der Waals surface area contributed by atoms with Crippen LogP contribution in [0, 0.1) is 0 Å². The van der Waals surface area contributed by atoms with Gasteiger partial charge in [0.25, 0.3) is 0 Å². The van der Waals surface area contributed by atoms with Crippen LogP contribution in [0.4, 0.5) is 5.69 Å². The molecule has 6 heteroatoms. The van der Waals surface area contributed by atoms with Gasteiger partial charge in [-0.25, -0.2) is 12.1 Å². The maximum atomic E-state index is 11.6. The first-order chi connectivity index (χ1) is 10.6. The zero-order chi connectivity index (χ0) is 15.9. The number of esters is 1. The van der Waals surface area contributed by atoms with Crippen molar-refractivity contribution in [1.29, 1.82) is 0 Å². The van der Waals surface area contributed by atoms with Crippen LogP contribution in [0.1, 0.15) is 26.2 Å². The second-order valence-electron chi connectivity index (χ2n) is 4.69. The standard InChI is InChI=1S/C12H12NO4.C5H5.Fe/c1-2-12(16)17-9-5-3-4-8(9)13-10(14)6-7-11(13)15;1-2-4-5-3-1;/h3-5H,2,6-7H2,1H3;1-5H;/q2*-1;+2. The molecule has 0 radical (unpaired) electrons. The van der Waals surface area contributed by atoms with Crippen LogP contribution in [0.5, 0.6) is 5.75 Å². The predicted octanol–water partition coefficient (Wildman–Crippen LogP) is 2.78. The Kier molecular flexibility index (Phi) is 7.45. The molecule has 0 atom stereocenters. The molecule has 1 aliphatic rings. The van der Waals surface area contributed by atoms with Crippen molar-refractivity contribution in [3.63, 3.8) is 0 Å². The molecule has 0 aromatic heterocycles. The number of rotatable bonds is 3. The minimum Gasteiger partial charge on any atom is -0.516 e. The van der Waals surface area contributed by atoms with E-state index in [1.165, 1.54) is 0 Å². The van der Waals surface area contributed by atoms with Gasteiger partial charge in [0.2, 0.25) is 17.8 Å². The molecule has 2 amide bonds. The first-order valence-corrected chi connectivity index (χ1v) is 7.12. The molecule has 0 bridgehead atoms. The summed E-state index contributed by atoms with van der Waals surface area (Å²) in [6.45, 7) is 1.68. The van der Waals surface area contributed by atoms with Gasteiger partial charge in [-0.2, -0.15) is 24.3 Å². The Morgan fingerprint density at radius 2 is 1.83 bits per heavy atom. The van der Waals surface area contributed by atoms with E-state index in [0.29, 0.717) is 5.69 Å². The molecular weight excluding hydrogens is 338 g/mol. The van der Waals surface area contributed by atoms with Gasteiger partial charge in [-0.1, -0.05) is 6.92 Å². The largest absolute Gasteiger partial charge is 2.00 e. The van der Waals surface area contributed by atoms with Crippen LogP contribution >= 0.6 is 0 Å². The Bertz CT molecular complexity index is 612. The molecule has 1 heterocycles. The van der Waals surface area contributed by atoms with Gasteiger partial charge in [-0.05, 0) is 0 Å². The van der Waals surface area contributed by atoms with Crippen molar-refractivity contribution in [1.82, 2.24) is 0 Å². The Morgan fingerprint density at radius 1 is 1.22 bits per heavy atom. The van der Waals surface area contributed by atoms with Crippen LogP contribution in [-0.4, -0.2) is 17.8 Å². The maximum absolute atomic E-state index is 11.6. The van der Waals surface area contributed by atoms with Crippen molar-refractivity contribution in [2.45, 2.75) is 26.2 Å². The molecule has 122 valence electrons. The Morgan fingerprint density at radius 3 is 2.30 bits per heavy atom. The minimum atomic E-state index is -0.392. The number of anilines is 1. The van der Waals surface area contributed by atoms with Crippen LogP contribution in [0.2, 0.25) is 0 Å². The fraction of sp³-hybridized carbons (Fsp3) is 0.235. The number of carbonyl (C=O) groups is 3. The quantitative estimate of drug-likeness (QED) is 0.368. The zero-order valence-electron chi connectivity index (χ0n) is 12.7. The number of hydrogen-bond acceptors (Lipinski definition) is 4. The number of nitrogens with zero attached hydrogens (tertiary/aromatic N) is 1. The van der Waals surface area contributed by atoms with Crippen molar-refractivity contribution in [2.75, 3.05) is 4.90 Å². The molecule has 5 nitrogen and oxygen atoms in total. The number of amides is 2. The molecule has 1 aliphatic heterocycles. The summed E-state index contributed by atoms with van der Waals surface area (Å²) in [5.41, 5.74) is 0.360. The van der Waals surface area contributed by atoms with E-state index in [1.807, 2.05) is 30.3 Å². The van der Waals surface area contributed by atoms with Crippen LogP contribution in [-0.2, 0) is 31.5 Å². The van der Waals surface area contributed by atoms with E-state index in [0.717, 1.165) is 4.90 Å². The average Bonchev–Trinajstić information content (AvgIpc) is 3.24. The van der Waals surface area contributed by atoms with Crippen molar-refractivity contribution < 1.29 is 36.2 Å². The SMILES string of the molecule is CCC(=O)O[c-]1cccc1N1C(=O)CCC1=O.[Fe+2].c1cc[cH-]c1. The van der Waals surface area contributed by atoms with Gasteiger partial charge in [0.05, 0.1) is 5.75 Å². The zero-order valence-corrected chi connectivity index (χ0v) is 13.8. The second-order valence-corrected chi connectivity index (χ2v) is 4.69. The van der Waals surface area contributed by atoms with E-state index in [1.54, 1.807) is 25.1 Å². The van der Waals surface area contributed by atoms with Gasteiger partial charge >= 0.3 is 17.1 Å². The van der Waals surface area contributed by atoms with E-state index in [-0.39, 0.29) is 53.9 Å². The Labute approximate surface area is 145 Å². The molecule has 2 aromatic carbocycles. The van der Waals surface area contributed by atoms with Crippen LogP contribution in [0.15, 0.2) is 48.5 Å². The molecule has 2 aromatic rings. The number of imide groups is 1. The minimum absolute atomic E-state index is 0. The molecule has 0 aliphatic carbocycles. The van der Waals surface area contributed by atoms with E-state index in [4.69, 9.17) is 4.74 Å². The topological polar surface area (TPSA) is 63.7 Å². The van der Waals surface area contributed by atoms with Gasteiger partial charge in [-0.3, -0.25) is 14.5 Å². The third-order valence-electron chi connectivity index (χ3n) is 3.11. The molecule has 23 heavy (non-hydrogen) atoms. The van der Waals surface area contributed by atoms with Crippen molar-refractivity contribution in [2.24, 2.45) is 0 Å². The third-order valence-corrected chi connectivity index (χ3v) is 3.11. The first-order valence-electron chi connectivity index (χ1n) is 7.12. The number of carbonyl (C=O) groups excluding carboxylic acids is 3. The molecule has 0 unspecified atom stereocenters. The van der Waals surface area contributed by atoms with E-state index >= 15 is 0 Å². The number of ether oxygens (including phenoxy) is 1. The van der Waals surface area contributed by atoms with Crippen molar-refractivity contribution in [3.05, 3.63) is 48.5 Å². The summed E-state index contributed by atoms with van der Waals surface area (Å²) in [5, 5.41) is 0. The summed E-state index contributed by atoms with van der Waals surface area (Å²) in [5.74, 6) is -0.637. The van der Waals surface area contributed by atoms with Crippen molar-refractivity contribution >= 4 is 23.5 Å². The fourth-order valence-electron chi connectivity index (χ4n) is 2.03.